The second kappa shape index (κ2) is 6.85. The molecule has 0 saturated heterocycles. The van der Waals surface area contributed by atoms with Gasteiger partial charge in [0.1, 0.15) is 6.54 Å². The molecular weight excluding hydrogens is 226 g/mol. The average Bonchev–Trinajstić information content (AvgIpc) is 2.19. The Morgan fingerprint density at radius 3 is 2.12 bits per heavy atom. The van der Waals surface area contributed by atoms with E-state index in [2.05, 4.69) is 10.6 Å². The van der Waals surface area contributed by atoms with Gasteiger partial charge in [0.05, 0.1) is 6.54 Å². The number of hydrogen-bond acceptors (Lipinski definition) is 4. The van der Waals surface area contributed by atoms with Gasteiger partial charge in [-0.2, -0.15) is 0 Å². The van der Waals surface area contributed by atoms with E-state index in [4.69, 9.17) is 10.8 Å². The van der Waals surface area contributed by atoms with Gasteiger partial charge in [0.25, 0.3) is 0 Å². The van der Waals surface area contributed by atoms with E-state index in [1.165, 1.54) is 0 Å². The fourth-order valence-corrected chi connectivity index (χ4v) is 0.940. The summed E-state index contributed by atoms with van der Waals surface area (Å²) < 4.78 is 0. The van der Waals surface area contributed by atoms with Crippen LogP contribution in [0.5, 0.6) is 0 Å². The standard InChI is InChI=1S/C10H19N3O4/c1-10(2,11)4-3-7(14)12-5-8(15)13-6-9(16)17/h3-6,11H2,1-2H3,(H,12,14)(H,13,15)(H,16,17). The van der Waals surface area contributed by atoms with E-state index in [-0.39, 0.29) is 18.9 Å². The van der Waals surface area contributed by atoms with Crippen LogP contribution >= 0.6 is 0 Å². The third-order valence-corrected chi connectivity index (χ3v) is 1.88. The lowest BCUT2D eigenvalue weighted by Gasteiger charge is -2.17. The number of carboxylic acid groups (broad SMARTS) is 1. The molecule has 0 aliphatic carbocycles. The number of amides is 2. The highest BCUT2D eigenvalue weighted by atomic mass is 16.4. The highest BCUT2D eigenvalue weighted by Crippen LogP contribution is 2.06. The van der Waals surface area contributed by atoms with Crippen molar-refractivity contribution in [1.29, 1.82) is 0 Å². The zero-order valence-electron chi connectivity index (χ0n) is 10.1. The quantitative estimate of drug-likeness (QED) is 0.450. The molecule has 0 aromatic rings. The smallest absolute Gasteiger partial charge is 0.322 e. The molecule has 0 aromatic heterocycles. The van der Waals surface area contributed by atoms with Gasteiger partial charge in [-0.15, -0.1) is 0 Å². The minimum atomic E-state index is -1.13. The van der Waals surface area contributed by atoms with Gasteiger partial charge in [-0.05, 0) is 20.3 Å². The largest absolute Gasteiger partial charge is 0.480 e. The van der Waals surface area contributed by atoms with Crippen molar-refractivity contribution in [3.63, 3.8) is 0 Å². The predicted molar refractivity (Wildman–Crippen MR) is 61.2 cm³/mol. The molecule has 0 unspecified atom stereocenters. The second-order valence-corrected chi connectivity index (χ2v) is 4.44. The minimum Gasteiger partial charge on any atom is -0.480 e. The van der Waals surface area contributed by atoms with E-state index < -0.39 is 24.0 Å². The molecule has 0 rings (SSSR count). The lowest BCUT2D eigenvalue weighted by molar-refractivity contribution is -0.137. The van der Waals surface area contributed by atoms with Crippen LogP contribution in [0.4, 0.5) is 0 Å². The number of rotatable bonds is 7. The van der Waals surface area contributed by atoms with Crippen LogP contribution in [0.1, 0.15) is 26.7 Å². The van der Waals surface area contributed by atoms with Crippen LogP contribution in [-0.2, 0) is 14.4 Å². The van der Waals surface area contributed by atoms with Gasteiger partial charge in [0, 0.05) is 12.0 Å². The first-order chi connectivity index (χ1) is 7.70. The number of carbonyl (C=O) groups is 3. The van der Waals surface area contributed by atoms with E-state index in [0.717, 1.165) is 0 Å². The Labute approximate surface area is 99.7 Å². The zero-order valence-corrected chi connectivity index (χ0v) is 10.1. The summed E-state index contributed by atoms with van der Waals surface area (Å²) in [5.41, 5.74) is 5.27. The molecule has 0 heterocycles. The molecule has 0 radical (unpaired) electrons. The van der Waals surface area contributed by atoms with Gasteiger partial charge in [-0.1, -0.05) is 0 Å². The molecule has 17 heavy (non-hydrogen) atoms. The van der Waals surface area contributed by atoms with E-state index >= 15 is 0 Å². The molecule has 0 saturated carbocycles. The number of carbonyl (C=O) groups excluding carboxylic acids is 2. The molecule has 98 valence electrons. The van der Waals surface area contributed by atoms with Gasteiger partial charge in [0.15, 0.2) is 0 Å². The maximum Gasteiger partial charge on any atom is 0.322 e. The third kappa shape index (κ3) is 10.6. The van der Waals surface area contributed by atoms with Crippen LogP contribution in [0.3, 0.4) is 0 Å². The Kier molecular flexibility index (Phi) is 6.19. The summed E-state index contributed by atoms with van der Waals surface area (Å²) in [5.74, 6) is -1.95. The van der Waals surface area contributed by atoms with Crippen LogP contribution in [-0.4, -0.2) is 41.5 Å². The average molecular weight is 245 g/mol. The molecule has 7 nitrogen and oxygen atoms in total. The molecule has 2 amide bonds. The Bertz CT molecular complexity index is 296. The number of carboxylic acids is 1. The summed E-state index contributed by atoms with van der Waals surface area (Å²) in [6, 6.07) is 0. The maximum atomic E-state index is 11.3. The Hall–Kier alpha value is -1.63. The molecule has 0 fully saturated rings. The van der Waals surface area contributed by atoms with Gasteiger partial charge in [-0.3, -0.25) is 14.4 Å². The molecule has 0 aliphatic rings. The van der Waals surface area contributed by atoms with E-state index in [1.807, 2.05) is 0 Å². The van der Waals surface area contributed by atoms with Crippen molar-refractivity contribution >= 4 is 17.8 Å². The Balaban J connectivity index is 3.70. The highest BCUT2D eigenvalue weighted by molar-refractivity contribution is 5.86. The number of aliphatic carboxylic acids is 1. The van der Waals surface area contributed by atoms with Gasteiger partial charge in [0.2, 0.25) is 11.8 Å². The molecule has 0 spiro atoms. The summed E-state index contributed by atoms with van der Waals surface area (Å²) >= 11 is 0. The van der Waals surface area contributed by atoms with E-state index in [0.29, 0.717) is 6.42 Å². The van der Waals surface area contributed by atoms with Crippen LogP contribution in [0.2, 0.25) is 0 Å². The van der Waals surface area contributed by atoms with Gasteiger partial charge >= 0.3 is 5.97 Å². The molecule has 0 aromatic carbocycles. The lowest BCUT2D eigenvalue weighted by Crippen LogP contribution is -2.40. The Morgan fingerprint density at radius 2 is 1.65 bits per heavy atom. The van der Waals surface area contributed by atoms with Crippen LogP contribution in [0.15, 0.2) is 0 Å². The van der Waals surface area contributed by atoms with Crippen LogP contribution < -0.4 is 16.4 Å². The van der Waals surface area contributed by atoms with Gasteiger partial charge < -0.3 is 21.5 Å². The number of nitrogens with one attached hydrogen (secondary N) is 2. The Morgan fingerprint density at radius 1 is 1.12 bits per heavy atom. The number of nitrogens with two attached hydrogens (primary N) is 1. The molecule has 0 aliphatic heterocycles. The summed E-state index contributed by atoms with van der Waals surface area (Å²) in [7, 11) is 0. The van der Waals surface area contributed by atoms with Crippen LogP contribution in [0, 0.1) is 0 Å². The first-order valence-electron chi connectivity index (χ1n) is 5.25. The van der Waals surface area contributed by atoms with Crippen molar-refractivity contribution < 1.29 is 19.5 Å². The molecule has 7 heteroatoms. The van der Waals surface area contributed by atoms with Crippen LogP contribution in [0.25, 0.3) is 0 Å². The SMILES string of the molecule is CC(C)(N)CCC(=O)NCC(=O)NCC(=O)O. The van der Waals surface area contributed by atoms with E-state index in [1.54, 1.807) is 13.8 Å². The topological polar surface area (TPSA) is 122 Å². The molecular formula is C10H19N3O4. The highest BCUT2D eigenvalue weighted by Gasteiger charge is 2.13. The first kappa shape index (κ1) is 15.4. The zero-order chi connectivity index (χ0) is 13.5. The van der Waals surface area contributed by atoms with Crippen molar-refractivity contribution in [2.75, 3.05) is 13.1 Å². The predicted octanol–water partition coefficient (Wildman–Crippen LogP) is -1.18. The monoisotopic (exact) mass is 245 g/mol. The van der Waals surface area contributed by atoms with Crippen molar-refractivity contribution in [2.24, 2.45) is 5.73 Å². The van der Waals surface area contributed by atoms with Crippen molar-refractivity contribution in [3.8, 4) is 0 Å². The van der Waals surface area contributed by atoms with Gasteiger partial charge in [-0.25, -0.2) is 0 Å². The van der Waals surface area contributed by atoms with Crippen molar-refractivity contribution in [1.82, 2.24) is 10.6 Å². The summed E-state index contributed by atoms with van der Waals surface area (Å²) in [4.78, 5) is 32.4. The minimum absolute atomic E-state index is 0.225. The molecule has 0 bridgehead atoms. The van der Waals surface area contributed by atoms with E-state index in [9.17, 15) is 14.4 Å². The van der Waals surface area contributed by atoms with Crippen molar-refractivity contribution in [3.05, 3.63) is 0 Å². The summed E-state index contributed by atoms with van der Waals surface area (Å²) in [6.45, 7) is 2.93. The molecule has 0 atom stereocenters. The summed E-state index contributed by atoms with van der Waals surface area (Å²) in [6.07, 6.45) is 0.741. The maximum absolute atomic E-state index is 11.3. The summed E-state index contributed by atoms with van der Waals surface area (Å²) in [5, 5.41) is 12.8. The molecule has 5 N–H and O–H groups in total. The first-order valence-corrected chi connectivity index (χ1v) is 5.25. The second-order valence-electron chi connectivity index (χ2n) is 4.44. The fraction of sp³-hybridized carbons (Fsp3) is 0.700. The lowest BCUT2D eigenvalue weighted by atomic mass is 10.00. The fourth-order valence-electron chi connectivity index (χ4n) is 0.940. The third-order valence-electron chi connectivity index (χ3n) is 1.88. The number of hydrogen-bond donors (Lipinski definition) is 4. The normalized spacial score (nSPS) is 10.8. The van der Waals surface area contributed by atoms with Crippen molar-refractivity contribution in [2.45, 2.75) is 32.2 Å².